The van der Waals surface area contributed by atoms with Gasteiger partial charge < -0.3 is 9.64 Å². The predicted molar refractivity (Wildman–Crippen MR) is 65.2 cm³/mol. The molecule has 0 aliphatic carbocycles. The molecule has 0 unspecified atom stereocenters. The van der Waals surface area contributed by atoms with Crippen LogP contribution in [0.25, 0.3) is 0 Å². The highest BCUT2D eigenvalue weighted by Crippen LogP contribution is 2.23. The van der Waals surface area contributed by atoms with Crippen molar-refractivity contribution in [2.75, 3.05) is 19.8 Å². The monoisotopic (exact) mass is 259 g/mol. The number of H-pyrrole nitrogens is 1. The summed E-state index contributed by atoms with van der Waals surface area (Å²) < 4.78 is 5.45. The standard InChI is InChI=1S/C12H13N5O2/c18-12(9-1-3-13-15-7-9)17-5-6-19-8-11(17)10-2-4-14-16-10/h1-4,7,11H,5-6,8H2,(H,14,16)/t11-/m1/s1. The van der Waals surface area contributed by atoms with Gasteiger partial charge in [-0.15, -0.1) is 0 Å². The summed E-state index contributed by atoms with van der Waals surface area (Å²) in [6.45, 7) is 1.55. The quantitative estimate of drug-likeness (QED) is 0.844. The second kappa shape index (κ2) is 5.15. The van der Waals surface area contributed by atoms with Gasteiger partial charge in [0.05, 0.1) is 42.9 Å². The van der Waals surface area contributed by atoms with E-state index in [9.17, 15) is 4.79 Å². The molecule has 0 radical (unpaired) electrons. The fraction of sp³-hybridized carbons (Fsp3) is 0.333. The van der Waals surface area contributed by atoms with E-state index in [-0.39, 0.29) is 11.9 Å². The van der Waals surface area contributed by atoms with Gasteiger partial charge in [0.25, 0.3) is 5.91 Å². The Bertz CT molecular complexity index is 543. The molecule has 1 atom stereocenters. The van der Waals surface area contributed by atoms with Crippen molar-refractivity contribution in [2.45, 2.75) is 6.04 Å². The first-order valence-electron chi connectivity index (χ1n) is 6.01. The first-order chi connectivity index (χ1) is 9.36. The van der Waals surface area contributed by atoms with E-state index in [2.05, 4.69) is 20.4 Å². The number of morpholine rings is 1. The topological polar surface area (TPSA) is 84.0 Å². The van der Waals surface area contributed by atoms with Crippen molar-refractivity contribution in [1.29, 1.82) is 0 Å². The molecule has 0 bridgehead atoms. The molecule has 2 aromatic heterocycles. The van der Waals surface area contributed by atoms with Crippen LogP contribution in [0.1, 0.15) is 22.1 Å². The van der Waals surface area contributed by atoms with Gasteiger partial charge in [-0.2, -0.15) is 15.3 Å². The second-order valence-electron chi connectivity index (χ2n) is 4.23. The number of nitrogens with one attached hydrogen (secondary N) is 1. The minimum Gasteiger partial charge on any atom is -0.377 e. The van der Waals surface area contributed by atoms with Crippen LogP contribution in [-0.2, 0) is 4.74 Å². The lowest BCUT2D eigenvalue weighted by Crippen LogP contribution is -2.43. The maximum Gasteiger partial charge on any atom is 0.256 e. The van der Waals surface area contributed by atoms with Gasteiger partial charge in [0.1, 0.15) is 0 Å². The highest BCUT2D eigenvalue weighted by Gasteiger charge is 2.30. The van der Waals surface area contributed by atoms with Gasteiger partial charge in [0.2, 0.25) is 0 Å². The average Bonchev–Trinajstić information content (AvgIpc) is 3.01. The Hall–Kier alpha value is -2.28. The van der Waals surface area contributed by atoms with Crippen LogP contribution >= 0.6 is 0 Å². The molecule has 7 nitrogen and oxygen atoms in total. The van der Waals surface area contributed by atoms with Gasteiger partial charge >= 0.3 is 0 Å². The molecule has 0 saturated carbocycles. The van der Waals surface area contributed by atoms with Gasteiger partial charge in [-0.3, -0.25) is 9.89 Å². The number of aromatic amines is 1. The highest BCUT2D eigenvalue weighted by molar-refractivity contribution is 5.94. The summed E-state index contributed by atoms with van der Waals surface area (Å²) in [6, 6.07) is 3.37. The van der Waals surface area contributed by atoms with E-state index in [4.69, 9.17) is 4.74 Å². The molecule has 3 rings (SSSR count). The van der Waals surface area contributed by atoms with Crippen molar-refractivity contribution >= 4 is 5.91 Å². The third-order valence-electron chi connectivity index (χ3n) is 3.10. The van der Waals surface area contributed by atoms with Crippen LogP contribution in [-0.4, -0.2) is 51.0 Å². The molecule has 1 amide bonds. The van der Waals surface area contributed by atoms with E-state index in [1.807, 2.05) is 6.07 Å². The zero-order chi connectivity index (χ0) is 13.1. The molecule has 98 valence electrons. The number of hydrogen-bond acceptors (Lipinski definition) is 5. The van der Waals surface area contributed by atoms with Gasteiger partial charge in [0, 0.05) is 12.7 Å². The summed E-state index contributed by atoms with van der Waals surface area (Å²) in [5, 5.41) is 14.2. The first kappa shape index (κ1) is 11.8. The number of hydrogen-bond donors (Lipinski definition) is 1. The zero-order valence-corrected chi connectivity index (χ0v) is 10.2. The fourth-order valence-electron chi connectivity index (χ4n) is 2.14. The van der Waals surface area contributed by atoms with Crippen LogP contribution < -0.4 is 0 Å². The van der Waals surface area contributed by atoms with E-state index >= 15 is 0 Å². The number of carbonyl (C=O) groups excluding carboxylic acids is 1. The largest absolute Gasteiger partial charge is 0.377 e. The smallest absolute Gasteiger partial charge is 0.256 e. The Morgan fingerprint density at radius 1 is 1.37 bits per heavy atom. The molecular weight excluding hydrogens is 246 g/mol. The normalized spacial score (nSPS) is 19.4. The summed E-state index contributed by atoms with van der Waals surface area (Å²) in [6.07, 6.45) is 4.65. The number of amides is 1. The number of ether oxygens (including phenoxy) is 1. The lowest BCUT2D eigenvalue weighted by atomic mass is 10.1. The third kappa shape index (κ3) is 2.32. The van der Waals surface area contributed by atoms with E-state index in [1.165, 1.54) is 12.4 Å². The summed E-state index contributed by atoms with van der Waals surface area (Å²) in [5.74, 6) is -0.0715. The van der Waals surface area contributed by atoms with E-state index in [0.29, 0.717) is 25.3 Å². The Balaban J connectivity index is 1.87. The lowest BCUT2D eigenvalue weighted by Gasteiger charge is -2.34. The van der Waals surface area contributed by atoms with Crippen LogP contribution in [0.2, 0.25) is 0 Å². The first-order valence-corrected chi connectivity index (χ1v) is 6.01. The van der Waals surface area contributed by atoms with Gasteiger partial charge in [0.15, 0.2) is 0 Å². The molecule has 3 heterocycles. The maximum atomic E-state index is 12.5. The van der Waals surface area contributed by atoms with Crippen molar-refractivity contribution in [3.63, 3.8) is 0 Å². The van der Waals surface area contributed by atoms with Crippen molar-refractivity contribution in [3.05, 3.63) is 42.0 Å². The molecule has 0 spiro atoms. The zero-order valence-electron chi connectivity index (χ0n) is 10.2. The molecule has 1 aliphatic rings. The molecule has 1 saturated heterocycles. The molecule has 1 N–H and O–H groups in total. The Kier molecular flexibility index (Phi) is 3.20. The summed E-state index contributed by atoms with van der Waals surface area (Å²) in [5.41, 5.74) is 1.40. The molecular formula is C12H13N5O2. The average molecular weight is 259 g/mol. The summed E-state index contributed by atoms with van der Waals surface area (Å²) in [7, 11) is 0. The van der Waals surface area contributed by atoms with Crippen molar-refractivity contribution in [3.8, 4) is 0 Å². The van der Waals surface area contributed by atoms with Crippen LogP contribution in [0.3, 0.4) is 0 Å². The Labute approximate surface area is 109 Å². The van der Waals surface area contributed by atoms with Crippen LogP contribution in [0.4, 0.5) is 0 Å². The number of rotatable bonds is 2. The van der Waals surface area contributed by atoms with Crippen molar-refractivity contribution in [2.24, 2.45) is 0 Å². The lowest BCUT2D eigenvalue weighted by molar-refractivity contribution is -0.00394. The number of carbonyl (C=O) groups is 1. The maximum absolute atomic E-state index is 12.5. The van der Waals surface area contributed by atoms with Crippen LogP contribution in [0.15, 0.2) is 30.7 Å². The van der Waals surface area contributed by atoms with Crippen molar-refractivity contribution in [1.82, 2.24) is 25.3 Å². The Morgan fingerprint density at radius 2 is 2.32 bits per heavy atom. The second-order valence-corrected chi connectivity index (χ2v) is 4.23. The van der Waals surface area contributed by atoms with E-state index in [0.717, 1.165) is 5.69 Å². The highest BCUT2D eigenvalue weighted by atomic mass is 16.5. The molecule has 2 aromatic rings. The molecule has 7 heteroatoms. The third-order valence-corrected chi connectivity index (χ3v) is 3.10. The molecule has 19 heavy (non-hydrogen) atoms. The van der Waals surface area contributed by atoms with Crippen LogP contribution in [0.5, 0.6) is 0 Å². The van der Waals surface area contributed by atoms with Gasteiger partial charge in [-0.25, -0.2) is 0 Å². The number of nitrogens with zero attached hydrogens (tertiary/aromatic N) is 4. The SMILES string of the molecule is O=C(c1ccnnc1)N1CCOC[C@@H]1c1ccn[nH]1. The molecule has 1 aliphatic heterocycles. The van der Waals surface area contributed by atoms with E-state index < -0.39 is 0 Å². The number of aromatic nitrogens is 4. The minimum absolute atomic E-state index is 0.0715. The predicted octanol–water partition coefficient (Wildman–Crippen LogP) is 0.413. The fourth-order valence-corrected chi connectivity index (χ4v) is 2.14. The Morgan fingerprint density at radius 3 is 3.05 bits per heavy atom. The summed E-state index contributed by atoms with van der Waals surface area (Å²) in [4.78, 5) is 14.2. The van der Waals surface area contributed by atoms with Gasteiger partial charge in [-0.05, 0) is 12.1 Å². The molecule has 1 fully saturated rings. The van der Waals surface area contributed by atoms with Gasteiger partial charge in [-0.1, -0.05) is 0 Å². The minimum atomic E-state index is -0.142. The van der Waals surface area contributed by atoms with Crippen molar-refractivity contribution < 1.29 is 9.53 Å². The molecule has 0 aromatic carbocycles. The van der Waals surface area contributed by atoms with Crippen LogP contribution in [0, 0.1) is 0 Å². The summed E-state index contributed by atoms with van der Waals surface area (Å²) >= 11 is 0. The van der Waals surface area contributed by atoms with E-state index in [1.54, 1.807) is 17.2 Å².